The molecule has 1 unspecified atom stereocenters. The highest BCUT2D eigenvalue weighted by molar-refractivity contribution is 5.48. The Kier molecular flexibility index (Phi) is 4.81. The molecule has 1 atom stereocenters. The summed E-state index contributed by atoms with van der Waals surface area (Å²) in [5.41, 5.74) is 8.51. The number of piperidine rings is 2. The second kappa shape index (κ2) is 6.80. The molecule has 2 fully saturated rings. The van der Waals surface area contributed by atoms with Crippen LogP contribution in [0.1, 0.15) is 50.6 Å². The minimum atomic E-state index is 0.129. The van der Waals surface area contributed by atoms with Crippen molar-refractivity contribution in [3.63, 3.8) is 0 Å². The van der Waals surface area contributed by atoms with Crippen LogP contribution in [0.4, 0.5) is 5.69 Å². The van der Waals surface area contributed by atoms with Gasteiger partial charge in [-0.1, -0.05) is 18.6 Å². The molecule has 0 aromatic heterocycles. The van der Waals surface area contributed by atoms with Gasteiger partial charge in [-0.2, -0.15) is 0 Å². The summed E-state index contributed by atoms with van der Waals surface area (Å²) in [5.74, 6) is 0. The fraction of sp³-hybridized carbons (Fsp3) is 0.667. The summed E-state index contributed by atoms with van der Waals surface area (Å²) in [7, 11) is 0. The Balaban J connectivity index is 1.55. The topological polar surface area (TPSA) is 32.5 Å². The fourth-order valence-electron chi connectivity index (χ4n) is 3.76. The fourth-order valence-corrected chi connectivity index (χ4v) is 3.76. The molecule has 0 bridgehead atoms. The summed E-state index contributed by atoms with van der Waals surface area (Å²) in [5, 5.41) is 0. The van der Waals surface area contributed by atoms with Crippen LogP contribution in [0.25, 0.3) is 0 Å². The lowest BCUT2D eigenvalue weighted by Crippen LogP contribution is -2.46. The van der Waals surface area contributed by atoms with E-state index in [9.17, 15) is 0 Å². The summed E-state index contributed by atoms with van der Waals surface area (Å²) in [6.45, 7) is 7.08. The van der Waals surface area contributed by atoms with Crippen molar-refractivity contribution in [1.29, 1.82) is 0 Å². The zero-order valence-electron chi connectivity index (χ0n) is 13.3. The van der Waals surface area contributed by atoms with Crippen LogP contribution in [-0.4, -0.2) is 37.1 Å². The maximum atomic E-state index is 5.92. The molecule has 116 valence electrons. The first-order valence-corrected chi connectivity index (χ1v) is 8.58. The van der Waals surface area contributed by atoms with Crippen LogP contribution in [-0.2, 0) is 0 Å². The molecule has 21 heavy (non-hydrogen) atoms. The van der Waals surface area contributed by atoms with Gasteiger partial charge >= 0.3 is 0 Å². The van der Waals surface area contributed by atoms with Gasteiger partial charge in [0, 0.05) is 30.9 Å². The van der Waals surface area contributed by atoms with E-state index >= 15 is 0 Å². The van der Waals surface area contributed by atoms with Crippen molar-refractivity contribution in [3.05, 3.63) is 29.8 Å². The number of hydrogen-bond acceptors (Lipinski definition) is 3. The highest BCUT2D eigenvalue weighted by atomic mass is 15.2. The molecule has 3 rings (SSSR count). The third-order valence-electron chi connectivity index (χ3n) is 5.16. The van der Waals surface area contributed by atoms with E-state index in [-0.39, 0.29) is 6.04 Å². The summed E-state index contributed by atoms with van der Waals surface area (Å²) in [6.07, 6.45) is 6.86. The maximum absolute atomic E-state index is 5.92. The van der Waals surface area contributed by atoms with Gasteiger partial charge in [0.15, 0.2) is 0 Å². The monoisotopic (exact) mass is 287 g/mol. The minimum Gasteiger partial charge on any atom is -0.371 e. The van der Waals surface area contributed by atoms with Gasteiger partial charge in [0.25, 0.3) is 0 Å². The SMILES string of the molecule is CC(N)c1ccc(N2CCC(N3CCCCC3)CC2)cc1. The molecule has 2 N–H and O–H groups in total. The number of rotatable bonds is 3. The largest absolute Gasteiger partial charge is 0.371 e. The molecule has 0 radical (unpaired) electrons. The molecule has 2 heterocycles. The van der Waals surface area contributed by atoms with Gasteiger partial charge in [-0.25, -0.2) is 0 Å². The average molecular weight is 287 g/mol. The highest BCUT2D eigenvalue weighted by Crippen LogP contribution is 2.25. The van der Waals surface area contributed by atoms with Crippen LogP contribution in [0.15, 0.2) is 24.3 Å². The van der Waals surface area contributed by atoms with Crippen molar-refractivity contribution < 1.29 is 0 Å². The first-order valence-electron chi connectivity index (χ1n) is 8.58. The Morgan fingerprint density at radius 3 is 2.14 bits per heavy atom. The van der Waals surface area contributed by atoms with Crippen molar-refractivity contribution >= 4 is 5.69 Å². The zero-order chi connectivity index (χ0) is 14.7. The van der Waals surface area contributed by atoms with Gasteiger partial charge in [0.05, 0.1) is 0 Å². The molecule has 2 saturated heterocycles. The highest BCUT2D eigenvalue weighted by Gasteiger charge is 2.25. The molecule has 0 amide bonds. The van der Waals surface area contributed by atoms with E-state index in [1.165, 1.54) is 69.5 Å². The number of benzene rings is 1. The Bertz CT molecular complexity index is 426. The Morgan fingerprint density at radius 2 is 1.57 bits per heavy atom. The van der Waals surface area contributed by atoms with Gasteiger partial charge < -0.3 is 15.5 Å². The lowest BCUT2D eigenvalue weighted by Gasteiger charge is -2.41. The van der Waals surface area contributed by atoms with Gasteiger partial charge in [0.2, 0.25) is 0 Å². The van der Waals surface area contributed by atoms with E-state index in [4.69, 9.17) is 5.73 Å². The Hall–Kier alpha value is -1.06. The predicted octanol–water partition coefficient (Wildman–Crippen LogP) is 3.16. The number of hydrogen-bond donors (Lipinski definition) is 1. The van der Waals surface area contributed by atoms with Crippen molar-refractivity contribution in [3.8, 4) is 0 Å². The number of nitrogens with zero attached hydrogens (tertiary/aromatic N) is 2. The average Bonchev–Trinajstić information content (AvgIpc) is 2.56. The first-order chi connectivity index (χ1) is 10.2. The van der Waals surface area contributed by atoms with E-state index < -0.39 is 0 Å². The summed E-state index contributed by atoms with van der Waals surface area (Å²) >= 11 is 0. The Labute approximate surface area is 129 Å². The van der Waals surface area contributed by atoms with Crippen molar-refractivity contribution in [2.45, 2.75) is 51.1 Å². The van der Waals surface area contributed by atoms with Crippen molar-refractivity contribution in [1.82, 2.24) is 4.90 Å². The molecule has 2 aliphatic rings. The Morgan fingerprint density at radius 1 is 0.952 bits per heavy atom. The van der Waals surface area contributed by atoms with Gasteiger partial charge in [-0.3, -0.25) is 0 Å². The summed E-state index contributed by atoms with van der Waals surface area (Å²) in [6, 6.07) is 9.78. The van der Waals surface area contributed by atoms with Crippen molar-refractivity contribution in [2.75, 3.05) is 31.1 Å². The third-order valence-corrected chi connectivity index (χ3v) is 5.16. The molecular formula is C18H29N3. The molecule has 1 aromatic rings. The molecule has 0 aliphatic carbocycles. The van der Waals surface area contributed by atoms with Crippen molar-refractivity contribution in [2.24, 2.45) is 5.73 Å². The van der Waals surface area contributed by atoms with Crippen LogP contribution >= 0.6 is 0 Å². The normalized spacial score (nSPS) is 23.2. The lowest BCUT2D eigenvalue weighted by atomic mass is 9.99. The van der Waals surface area contributed by atoms with E-state index in [1.54, 1.807) is 0 Å². The quantitative estimate of drug-likeness (QED) is 0.927. The second-order valence-electron chi connectivity index (χ2n) is 6.70. The standard InChI is InChI=1S/C18H29N3/c1-15(19)16-5-7-17(8-6-16)21-13-9-18(10-14-21)20-11-3-2-4-12-20/h5-8,15,18H,2-4,9-14,19H2,1H3. The predicted molar refractivity (Wildman–Crippen MR) is 89.7 cm³/mol. The number of likely N-dealkylation sites (tertiary alicyclic amines) is 1. The second-order valence-corrected chi connectivity index (χ2v) is 6.70. The summed E-state index contributed by atoms with van der Waals surface area (Å²) < 4.78 is 0. The molecule has 3 nitrogen and oxygen atoms in total. The zero-order valence-corrected chi connectivity index (χ0v) is 13.3. The molecular weight excluding hydrogens is 258 g/mol. The van der Waals surface area contributed by atoms with E-state index in [0.29, 0.717) is 0 Å². The molecule has 3 heteroatoms. The van der Waals surface area contributed by atoms with Crippen LogP contribution in [0.5, 0.6) is 0 Å². The molecule has 2 aliphatic heterocycles. The minimum absolute atomic E-state index is 0.129. The van der Waals surface area contributed by atoms with Crippen LogP contribution in [0, 0.1) is 0 Å². The first kappa shape index (κ1) is 14.9. The van der Waals surface area contributed by atoms with Crippen LogP contribution < -0.4 is 10.6 Å². The van der Waals surface area contributed by atoms with Crippen LogP contribution in [0.3, 0.4) is 0 Å². The van der Waals surface area contributed by atoms with E-state index in [2.05, 4.69) is 34.1 Å². The lowest BCUT2D eigenvalue weighted by molar-refractivity contribution is 0.141. The van der Waals surface area contributed by atoms with Gasteiger partial charge in [-0.05, 0) is 63.4 Å². The smallest absolute Gasteiger partial charge is 0.0366 e. The van der Waals surface area contributed by atoms with Crippen LogP contribution in [0.2, 0.25) is 0 Å². The van der Waals surface area contributed by atoms with Gasteiger partial charge in [-0.15, -0.1) is 0 Å². The van der Waals surface area contributed by atoms with Gasteiger partial charge in [0.1, 0.15) is 0 Å². The summed E-state index contributed by atoms with van der Waals surface area (Å²) in [4.78, 5) is 5.27. The molecule has 0 saturated carbocycles. The molecule has 1 aromatic carbocycles. The molecule has 0 spiro atoms. The van der Waals surface area contributed by atoms with E-state index in [1.807, 2.05) is 6.92 Å². The third kappa shape index (κ3) is 3.58. The number of nitrogens with two attached hydrogens (primary N) is 1. The van der Waals surface area contributed by atoms with E-state index in [0.717, 1.165) is 6.04 Å². The number of anilines is 1. The maximum Gasteiger partial charge on any atom is 0.0366 e.